The molecule has 0 atom stereocenters. The molecule has 0 bridgehead atoms. The Balaban J connectivity index is 1.67. The van der Waals surface area contributed by atoms with E-state index in [1.807, 2.05) is 0 Å². The average molecular weight is 463 g/mol. The maximum atomic E-state index is 12.5. The number of halogens is 5. The van der Waals surface area contributed by atoms with Gasteiger partial charge in [-0.3, -0.25) is 4.79 Å². The molecule has 3 aromatic rings. The van der Waals surface area contributed by atoms with Crippen LogP contribution in [0, 0.1) is 0 Å². The van der Waals surface area contributed by atoms with Gasteiger partial charge in [0.2, 0.25) is 0 Å². The lowest BCUT2D eigenvalue weighted by Crippen LogP contribution is -2.13. The lowest BCUT2D eigenvalue weighted by Gasteiger charge is -2.11. The highest BCUT2D eigenvalue weighted by atomic mass is 35.5. The number of amides is 1. The summed E-state index contributed by atoms with van der Waals surface area (Å²) < 4.78 is 40.3. The summed E-state index contributed by atoms with van der Waals surface area (Å²) in [5.41, 5.74) is 0.0757. The maximum absolute atomic E-state index is 12.5. The van der Waals surface area contributed by atoms with E-state index >= 15 is 0 Å². The molecule has 3 rings (SSSR count). The number of benzene rings is 2. The van der Waals surface area contributed by atoms with Crippen molar-refractivity contribution in [3.63, 3.8) is 0 Å². The zero-order valence-corrected chi connectivity index (χ0v) is 16.7. The number of rotatable bonds is 7. The summed E-state index contributed by atoms with van der Waals surface area (Å²) >= 11 is 17.9. The van der Waals surface area contributed by atoms with Gasteiger partial charge in [0, 0.05) is 5.02 Å². The molecule has 0 saturated heterocycles. The van der Waals surface area contributed by atoms with Gasteiger partial charge in [-0.05, 0) is 36.4 Å². The summed E-state index contributed by atoms with van der Waals surface area (Å²) in [5.74, 6) is -0.335. The zero-order valence-electron chi connectivity index (χ0n) is 14.4. The molecule has 1 amide bonds. The summed E-state index contributed by atoms with van der Waals surface area (Å²) in [5, 5.41) is 3.27. The van der Waals surface area contributed by atoms with Crippen LogP contribution in [0.2, 0.25) is 15.1 Å². The first-order chi connectivity index (χ1) is 13.8. The lowest BCUT2D eigenvalue weighted by atomic mass is 10.3. The summed E-state index contributed by atoms with van der Waals surface area (Å²) in [6.07, 6.45) is 0. The van der Waals surface area contributed by atoms with Crippen molar-refractivity contribution in [2.24, 2.45) is 0 Å². The normalized spacial score (nSPS) is 10.8. The molecule has 2 aromatic carbocycles. The number of alkyl halides is 2. The predicted octanol–water partition coefficient (Wildman–Crippen LogP) is 6.67. The van der Waals surface area contributed by atoms with Crippen molar-refractivity contribution in [3.05, 3.63) is 75.1 Å². The van der Waals surface area contributed by atoms with Crippen LogP contribution in [0.3, 0.4) is 0 Å². The Morgan fingerprint density at radius 3 is 2.45 bits per heavy atom. The van der Waals surface area contributed by atoms with Crippen LogP contribution in [-0.2, 0) is 6.61 Å². The summed E-state index contributed by atoms with van der Waals surface area (Å²) in [4.78, 5) is 12.3. The number of anilines is 1. The second-order valence-electron chi connectivity index (χ2n) is 5.58. The third kappa shape index (κ3) is 5.53. The fourth-order valence-electron chi connectivity index (χ4n) is 2.34. The third-order valence-corrected chi connectivity index (χ3v) is 4.34. The van der Waals surface area contributed by atoms with Crippen LogP contribution in [0.5, 0.6) is 11.5 Å². The van der Waals surface area contributed by atoms with E-state index in [-0.39, 0.29) is 39.6 Å². The summed E-state index contributed by atoms with van der Waals surface area (Å²) in [7, 11) is 0. The first-order valence-corrected chi connectivity index (χ1v) is 9.18. The van der Waals surface area contributed by atoms with Gasteiger partial charge in [-0.15, -0.1) is 0 Å². The van der Waals surface area contributed by atoms with Gasteiger partial charge in [-0.2, -0.15) is 8.78 Å². The molecular formula is C19H12Cl3F2NO4. The minimum Gasteiger partial charge on any atom is -0.483 e. The van der Waals surface area contributed by atoms with Crippen LogP contribution in [0.25, 0.3) is 0 Å². The molecular weight excluding hydrogens is 451 g/mol. The molecule has 1 aromatic heterocycles. The average Bonchev–Trinajstić information content (AvgIpc) is 3.11. The Morgan fingerprint density at radius 2 is 1.76 bits per heavy atom. The fraction of sp³-hybridized carbons (Fsp3) is 0.105. The number of carbonyl (C=O) groups excluding carboxylic acids is 1. The van der Waals surface area contributed by atoms with Gasteiger partial charge < -0.3 is 19.2 Å². The lowest BCUT2D eigenvalue weighted by molar-refractivity contribution is -0.0493. The number of carbonyl (C=O) groups is 1. The van der Waals surface area contributed by atoms with Crippen LogP contribution in [0.1, 0.15) is 16.3 Å². The Bertz CT molecular complexity index is 1000. The van der Waals surface area contributed by atoms with Crippen LogP contribution < -0.4 is 14.8 Å². The number of hydrogen-bond donors (Lipinski definition) is 1. The quantitative estimate of drug-likeness (QED) is 0.426. The second kappa shape index (κ2) is 9.35. The van der Waals surface area contributed by atoms with Gasteiger partial charge in [-0.25, -0.2) is 0 Å². The van der Waals surface area contributed by atoms with Crippen molar-refractivity contribution in [2.75, 3.05) is 5.32 Å². The molecule has 152 valence electrons. The van der Waals surface area contributed by atoms with Gasteiger partial charge in [-0.1, -0.05) is 46.9 Å². The molecule has 1 N–H and O–H groups in total. The Hall–Kier alpha value is -2.48. The zero-order chi connectivity index (χ0) is 21.0. The number of ether oxygens (including phenoxy) is 2. The van der Waals surface area contributed by atoms with Crippen LogP contribution >= 0.6 is 34.8 Å². The van der Waals surface area contributed by atoms with Crippen molar-refractivity contribution in [1.29, 1.82) is 0 Å². The summed E-state index contributed by atoms with van der Waals surface area (Å²) in [6.45, 7) is -3.08. The molecule has 0 fully saturated rings. The monoisotopic (exact) mass is 461 g/mol. The van der Waals surface area contributed by atoms with Crippen LogP contribution in [-0.4, -0.2) is 12.5 Å². The number of nitrogens with one attached hydrogen (secondary N) is 1. The van der Waals surface area contributed by atoms with Gasteiger partial charge >= 0.3 is 6.61 Å². The summed E-state index contributed by atoms with van der Waals surface area (Å²) in [6, 6.07) is 11.7. The molecule has 0 spiro atoms. The van der Waals surface area contributed by atoms with Crippen molar-refractivity contribution < 1.29 is 27.5 Å². The number of para-hydroxylation sites is 2. The van der Waals surface area contributed by atoms with Crippen molar-refractivity contribution >= 4 is 46.4 Å². The molecule has 1 heterocycles. The van der Waals surface area contributed by atoms with Crippen molar-refractivity contribution in [1.82, 2.24) is 0 Å². The van der Waals surface area contributed by atoms with E-state index < -0.39 is 12.5 Å². The van der Waals surface area contributed by atoms with E-state index in [0.717, 1.165) is 0 Å². The van der Waals surface area contributed by atoms with E-state index in [4.69, 9.17) is 44.0 Å². The van der Waals surface area contributed by atoms with E-state index in [0.29, 0.717) is 10.8 Å². The van der Waals surface area contributed by atoms with Gasteiger partial charge in [0.15, 0.2) is 11.5 Å². The molecule has 0 aliphatic carbocycles. The molecule has 5 nitrogen and oxygen atoms in total. The fourth-order valence-corrected chi connectivity index (χ4v) is 3.27. The van der Waals surface area contributed by atoms with Crippen molar-refractivity contribution in [2.45, 2.75) is 13.2 Å². The molecule has 0 aliphatic rings. The van der Waals surface area contributed by atoms with Gasteiger partial charge in [0.1, 0.15) is 18.1 Å². The third-order valence-electron chi connectivity index (χ3n) is 3.56. The van der Waals surface area contributed by atoms with Crippen LogP contribution in [0.4, 0.5) is 14.5 Å². The smallest absolute Gasteiger partial charge is 0.387 e. The SMILES string of the molecule is O=C(Nc1ccccc1OC(F)F)c1ccc(COc2c(Cl)cc(Cl)cc2Cl)o1. The van der Waals surface area contributed by atoms with E-state index in [2.05, 4.69) is 10.1 Å². The molecule has 0 unspecified atom stereocenters. The molecule has 10 heteroatoms. The largest absolute Gasteiger partial charge is 0.483 e. The van der Waals surface area contributed by atoms with Crippen LogP contribution in [0.15, 0.2) is 52.9 Å². The van der Waals surface area contributed by atoms with Crippen molar-refractivity contribution in [3.8, 4) is 11.5 Å². The Kier molecular flexibility index (Phi) is 6.84. The highest BCUT2D eigenvalue weighted by Gasteiger charge is 2.16. The molecule has 0 radical (unpaired) electrons. The number of furan rings is 1. The topological polar surface area (TPSA) is 60.7 Å². The highest BCUT2D eigenvalue weighted by Crippen LogP contribution is 2.36. The van der Waals surface area contributed by atoms with E-state index in [1.54, 1.807) is 6.07 Å². The van der Waals surface area contributed by atoms with Gasteiger partial charge in [0.05, 0.1) is 15.7 Å². The first kappa shape index (κ1) is 21.2. The molecule has 29 heavy (non-hydrogen) atoms. The standard InChI is InChI=1S/C19H12Cl3F2NO4/c20-10-7-12(21)17(13(22)8-10)27-9-11-5-6-16(28-11)18(26)25-14-3-1-2-4-15(14)29-19(23)24/h1-8,19H,9H2,(H,25,26). The number of hydrogen-bond acceptors (Lipinski definition) is 4. The minimum absolute atomic E-state index is 0.0521. The van der Waals surface area contributed by atoms with Gasteiger partial charge in [0.25, 0.3) is 5.91 Å². The highest BCUT2D eigenvalue weighted by molar-refractivity contribution is 6.40. The minimum atomic E-state index is -3.02. The Morgan fingerprint density at radius 1 is 1.07 bits per heavy atom. The van der Waals surface area contributed by atoms with E-state index in [1.165, 1.54) is 42.5 Å². The second-order valence-corrected chi connectivity index (χ2v) is 6.83. The van der Waals surface area contributed by atoms with E-state index in [9.17, 15) is 13.6 Å². The maximum Gasteiger partial charge on any atom is 0.387 e. The molecule has 0 saturated carbocycles. The molecule has 0 aliphatic heterocycles. The first-order valence-electron chi connectivity index (χ1n) is 8.04. The Labute approximate surface area is 179 Å². The predicted molar refractivity (Wildman–Crippen MR) is 106 cm³/mol.